The van der Waals surface area contributed by atoms with Crippen LogP contribution in [0.5, 0.6) is 0 Å². The molecule has 11 rings (SSSR count). The van der Waals surface area contributed by atoms with Crippen LogP contribution in [0.3, 0.4) is 0 Å². The number of furan rings is 1. The van der Waals surface area contributed by atoms with Gasteiger partial charge in [-0.15, -0.1) is 11.3 Å². The van der Waals surface area contributed by atoms with Crippen LogP contribution in [0.4, 0.5) is 17.1 Å². The van der Waals surface area contributed by atoms with E-state index >= 15 is 0 Å². The number of nitrogens with zero attached hydrogens (tertiary/aromatic N) is 2. The van der Waals surface area contributed by atoms with Gasteiger partial charge in [0.15, 0.2) is 5.58 Å². The third-order valence-electron chi connectivity index (χ3n) is 10.1. The van der Waals surface area contributed by atoms with E-state index in [9.17, 15) is 0 Å². The highest BCUT2D eigenvalue weighted by molar-refractivity contribution is 7.25. The van der Waals surface area contributed by atoms with E-state index in [1.54, 1.807) is 0 Å². The van der Waals surface area contributed by atoms with Crippen molar-refractivity contribution in [1.29, 1.82) is 0 Å². The van der Waals surface area contributed by atoms with Gasteiger partial charge in [-0.2, -0.15) is 0 Å². The Bertz CT molecular complexity index is 3120. The molecule has 0 aliphatic heterocycles. The van der Waals surface area contributed by atoms with Gasteiger partial charge in [-0.05, 0) is 107 Å². The number of para-hydroxylation sites is 2. The van der Waals surface area contributed by atoms with E-state index in [0.717, 1.165) is 55.7 Å². The fourth-order valence-corrected chi connectivity index (χ4v) is 8.69. The Morgan fingerprint density at radius 1 is 0.442 bits per heavy atom. The number of benzene rings is 8. The first-order valence-corrected chi connectivity index (χ1v) is 18.2. The lowest BCUT2D eigenvalue weighted by Gasteiger charge is -2.26. The van der Waals surface area contributed by atoms with Gasteiger partial charge in [0.05, 0.1) is 0 Å². The molecule has 0 spiro atoms. The maximum atomic E-state index is 6.45. The van der Waals surface area contributed by atoms with E-state index in [2.05, 4.69) is 138 Å². The molecule has 52 heavy (non-hydrogen) atoms. The fraction of sp³-hybridized carbons (Fsp3) is 0. The highest BCUT2D eigenvalue weighted by Gasteiger charge is 2.20. The second kappa shape index (κ2) is 11.4. The van der Waals surface area contributed by atoms with Crippen LogP contribution >= 0.6 is 11.3 Å². The lowest BCUT2D eigenvalue weighted by atomic mass is 10.0. The zero-order valence-corrected chi connectivity index (χ0v) is 28.6. The molecule has 8 aromatic carbocycles. The molecule has 3 aromatic heterocycles. The van der Waals surface area contributed by atoms with E-state index in [4.69, 9.17) is 13.8 Å². The molecule has 0 aliphatic rings. The molecule has 0 amide bonds. The first kappa shape index (κ1) is 29.1. The molecule has 0 radical (unpaired) electrons. The number of thiophene rings is 1. The summed E-state index contributed by atoms with van der Waals surface area (Å²) in [7, 11) is 0. The summed E-state index contributed by atoms with van der Waals surface area (Å²) in [4.78, 5) is 7.22. The van der Waals surface area contributed by atoms with E-state index in [1.807, 2.05) is 47.7 Å². The highest BCUT2D eigenvalue weighted by Crippen LogP contribution is 2.44. The Hall–Kier alpha value is -6.69. The minimum atomic E-state index is 0.580. The maximum absolute atomic E-state index is 6.45. The van der Waals surface area contributed by atoms with Gasteiger partial charge in [-0.25, -0.2) is 4.98 Å². The Kier molecular flexibility index (Phi) is 6.39. The Labute approximate surface area is 302 Å². The van der Waals surface area contributed by atoms with Crippen LogP contribution < -0.4 is 4.90 Å². The van der Waals surface area contributed by atoms with E-state index in [-0.39, 0.29) is 0 Å². The molecule has 0 saturated carbocycles. The van der Waals surface area contributed by atoms with Gasteiger partial charge in [0.1, 0.15) is 16.7 Å². The average molecular weight is 685 g/mol. The molecule has 3 heterocycles. The Morgan fingerprint density at radius 2 is 1.15 bits per heavy atom. The summed E-state index contributed by atoms with van der Waals surface area (Å²) in [6.07, 6.45) is 0. The van der Waals surface area contributed by atoms with Gasteiger partial charge in [0.25, 0.3) is 0 Å². The normalized spacial score (nSPS) is 11.8. The molecule has 4 nitrogen and oxygen atoms in total. The van der Waals surface area contributed by atoms with Crippen LogP contribution in [-0.2, 0) is 0 Å². The Morgan fingerprint density at radius 3 is 2.08 bits per heavy atom. The van der Waals surface area contributed by atoms with Gasteiger partial charge in [0.2, 0.25) is 5.89 Å². The molecule has 0 unspecified atom stereocenters. The third-order valence-corrected chi connectivity index (χ3v) is 11.2. The van der Waals surface area contributed by atoms with Crippen LogP contribution in [0.2, 0.25) is 0 Å². The van der Waals surface area contributed by atoms with Crippen LogP contribution in [0.15, 0.2) is 179 Å². The summed E-state index contributed by atoms with van der Waals surface area (Å²) < 4.78 is 15.3. The van der Waals surface area contributed by atoms with Crippen molar-refractivity contribution in [3.8, 4) is 22.6 Å². The van der Waals surface area contributed by atoms with Crippen molar-refractivity contribution in [2.24, 2.45) is 0 Å². The van der Waals surface area contributed by atoms with Crippen molar-refractivity contribution in [3.63, 3.8) is 0 Å². The fourth-order valence-electron chi connectivity index (χ4n) is 7.60. The number of rotatable bonds is 5. The molecular weight excluding hydrogens is 657 g/mol. The van der Waals surface area contributed by atoms with E-state index in [0.29, 0.717) is 5.89 Å². The van der Waals surface area contributed by atoms with Gasteiger partial charge < -0.3 is 13.7 Å². The summed E-state index contributed by atoms with van der Waals surface area (Å²) in [5.74, 6) is 0.580. The number of anilines is 3. The zero-order chi connectivity index (χ0) is 34.2. The van der Waals surface area contributed by atoms with Gasteiger partial charge in [-0.3, -0.25) is 0 Å². The van der Waals surface area contributed by atoms with Crippen molar-refractivity contribution in [3.05, 3.63) is 170 Å². The van der Waals surface area contributed by atoms with Crippen LogP contribution in [-0.4, -0.2) is 4.98 Å². The number of hydrogen-bond donors (Lipinski definition) is 0. The van der Waals surface area contributed by atoms with E-state index in [1.165, 1.54) is 42.1 Å². The molecular formula is C47H28N2O2S. The molecule has 0 fully saturated rings. The molecule has 5 heteroatoms. The standard InChI is InChI=1S/C47H28N2O2S/c1-2-9-29(10-3-1)30-17-18-32-26-33(20-19-31(32)25-30)49(35-22-24-45-38(27-35)36-11-4-7-16-44(36)52-45)34-21-23-41-39(28-34)46-37(12-8-15-43(46)50-41)47-48-40-13-5-6-14-42(40)51-47/h1-28H. The summed E-state index contributed by atoms with van der Waals surface area (Å²) >= 11 is 1.83. The summed E-state index contributed by atoms with van der Waals surface area (Å²) in [6.45, 7) is 0. The quantitative estimate of drug-likeness (QED) is 0.181. The summed E-state index contributed by atoms with van der Waals surface area (Å²) in [6, 6.07) is 60.0. The van der Waals surface area contributed by atoms with Crippen molar-refractivity contribution in [1.82, 2.24) is 4.98 Å². The zero-order valence-electron chi connectivity index (χ0n) is 27.8. The molecule has 0 aliphatic carbocycles. The van der Waals surface area contributed by atoms with Crippen molar-refractivity contribution in [2.75, 3.05) is 4.90 Å². The number of hydrogen-bond acceptors (Lipinski definition) is 5. The van der Waals surface area contributed by atoms with Gasteiger partial charge in [-0.1, -0.05) is 84.9 Å². The Balaban J connectivity index is 1.12. The average Bonchev–Trinajstić information content (AvgIpc) is 3.91. The topological polar surface area (TPSA) is 42.4 Å². The molecule has 11 aromatic rings. The predicted molar refractivity (Wildman–Crippen MR) is 217 cm³/mol. The first-order chi connectivity index (χ1) is 25.7. The molecule has 0 bridgehead atoms. The molecule has 244 valence electrons. The monoisotopic (exact) mass is 684 g/mol. The molecule has 0 N–H and O–H groups in total. The van der Waals surface area contributed by atoms with Crippen molar-refractivity contribution >= 4 is 92.4 Å². The lowest BCUT2D eigenvalue weighted by Crippen LogP contribution is -2.09. The third kappa shape index (κ3) is 4.64. The van der Waals surface area contributed by atoms with Crippen LogP contribution in [0.1, 0.15) is 0 Å². The second-order valence-electron chi connectivity index (χ2n) is 13.2. The van der Waals surface area contributed by atoms with Crippen molar-refractivity contribution < 1.29 is 8.83 Å². The SMILES string of the molecule is c1ccc(-c2ccc3cc(N(c4ccc5sc6ccccc6c5c4)c4ccc5oc6cccc(-c7nc8ccccc8o7)c6c5c4)ccc3c2)cc1. The van der Waals surface area contributed by atoms with Crippen LogP contribution in [0, 0.1) is 0 Å². The largest absolute Gasteiger partial charge is 0.456 e. The second-order valence-corrected chi connectivity index (χ2v) is 14.3. The predicted octanol–water partition coefficient (Wildman–Crippen LogP) is 14.1. The summed E-state index contributed by atoms with van der Waals surface area (Å²) in [5, 5.41) is 6.89. The first-order valence-electron chi connectivity index (χ1n) is 17.4. The molecule has 0 saturated heterocycles. The number of fused-ring (bicyclic) bond motifs is 8. The minimum absolute atomic E-state index is 0.580. The minimum Gasteiger partial charge on any atom is -0.456 e. The number of aromatic nitrogens is 1. The van der Waals surface area contributed by atoms with Gasteiger partial charge >= 0.3 is 0 Å². The number of oxazole rings is 1. The van der Waals surface area contributed by atoms with Crippen molar-refractivity contribution in [2.45, 2.75) is 0 Å². The van der Waals surface area contributed by atoms with Crippen LogP contribution in [0.25, 0.3) is 86.6 Å². The van der Waals surface area contributed by atoms with Gasteiger partial charge in [0, 0.05) is 53.6 Å². The summed E-state index contributed by atoms with van der Waals surface area (Å²) in [5.41, 5.74) is 9.72. The van der Waals surface area contributed by atoms with E-state index < -0.39 is 0 Å². The smallest absolute Gasteiger partial charge is 0.228 e. The lowest BCUT2D eigenvalue weighted by molar-refractivity contribution is 0.620. The maximum Gasteiger partial charge on any atom is 0.228 e. The highest BCUT2D eigenvalue weighted by atomic mass is 32.1. The molecule has 0 atom stereocenters.